The van der Waals surface area contributed by atoms with Gasteiger partial charge in [0.1, 0.15) is 11.4 Å². The molecular weight excluding hydrogens is 174 g/mol. The van der Waals surface area contributed by atoms with Crippen molar-refractivity contribution in [2.24, 2.45) is 20.5 Å². The SMILES string of the molecule is O=C1N=NC=C1NC1=CN=NC1=O. The number of nitrogens with one attached hydrogen (secondary N) is 1. The van der Waals surface area contributed by atoms with Gasteiger partial charge in [-0.2, -0.15) is 10.2 Å². The lowest BCUT2D eigenvalue weighted by Crippen LogP contribution is -2.20. The Morgan fingerprint density at radius 3 is 1.69 bits per heavy atom. The Hall–Kier alpha value is -2.18. The van der Waals surface area contributed by atoms with Crippen molar-refractivity contribution < 1.29 is 9.59 Å². The Balaban J connectivity index is 2.09. The number of amides is 2. The van der Waals surface area contributed by atoms with Crippen molar-refractivity contribution in [1.29, 1.82) is 0 Å². The van der Waals surface area contributed by atoms with Gasteiger partial charge in [-0.05, 0) is 0 Å². The smallest absolute Gasteiger partial charge is 0.313 e. The molecule has 0 saturated carbocycles. The van der Waals surface area contributed by atoms with Crippen molar-refractivity contribution >= 4 is 11.8 Å². The van der Waals surface area contributed by atoms with Crippen molar-refractivity contribution in [3.63, 3.8) is 0 Å². The molecule has 7 nitrogen and oxygen atoms in total. The Morgan fingerprint density at radius 2 is 1.38 bits per heavy atom. The molecule has 0 atom stereocenters. The highest BCUT2D eigenvalue weighted by atomic mass is 16.2. The minimum atomic E-state index is -0.513. The zero-order chi connectivity index (χ0) is 9.26. The Bertz CT molecular complexity index is 365. The predicted molar refractivity (Wildman–Crippen MR) is 39.0 cm³/mol. The van der Waals surface area contributed by atoms with Gasteiger partial charge >= 0.3 is 11.8 Å². The molecule has 2 aliphatic heterocycles. The van der Waals surface area contributed by atoms with Gasteiger partial charge in [0, 0.05) is 0 Å². The number of hydrogen-bond donors (Lipinski definition) is 1. The fourth-order valence-corrected chi connectivity index (χ4v) is 0.813. The third-order valence-electron chi connectivity index (χ3n) is 1.40. The van der Waals surface area contributed by atoms with Crippen molar-refractivity contribution in [2.45, 2.75) is 0 Å². The van der Waals surface area contributed by atoms with Crippen LogP contribution < -0.4 is 5.32 Å². The summed E-state index contributed by atoms with van der Waals surface area (Å²) in [4.78, 5) is 21.8. The number of carbonyl (C=O) groups is 2. The van der Waals surface area contributed by atoms with Gasteiger partial charge in [-0.15, -0.1) is 10.2 Å². The molecule has 0 unspecified atom stereocenters. The minimum absolute atomic E-state index is 0.145. The summed E-state index contributed by atoms with van der Waals surface area (Å²) < 4.78 is 0. The molecule has 0 aromatic rings. The molecule has 7 heteroatoms. The van der Waals surface area contributed by atoms with Crippen LogP contribution in [-0.4, -0.2) is 11.8 Å². The number of carbonyl (C=O) groups excluding carboxylic acids is 2. The zero-order valence-electron chi connectivity index (χ0n) is 6.26. The topological polar surface area (TPSA) is 95.6 Å². The van der Waals surface area contributed by atoms with Gasteiger partial charge in [-0.3, -0.25) is 9.59 Å². The van der Waals surface area contributed by atoms with E-state index >= 15 is 0 Å². The van der Waals surface area contributed by atoms with Crippen LogP contribution in [0, 0.1) is 0 Å². The van der Waals surface area contributed by atoms with Gasteiger partial charge in [-0.25, -0.2) is 0 Å². The fraction of sp³-hybridized carbons (Fsp3) is 0. The van der Waals surface area contributed by atoms with Crippen LogP contribution in [0.2, 0.25) is 0 Å². The number of rotatable bonds is 2. The molecule has 0 saturated heterocycles. The third-order valence-corrected chi connectivity index (χ3v) is 1.40. The first-order chi connectivity index (χ1) is 6.27. The molecule has 2 heterocycles. The second-order valence-electron chi connectivity index (χ2n) is 2.25. The highest BCUT2D eigenvalue weighted by Gasteiger charge is 2.19. The molecule has 2 aliphatic rings. The van der Waals surface area contributed by atoms with E-state index in [0.29, 0.717) is 0 Å². The van der Waals surface area contributed by atoms with Gasteiger partial charge in [0.2, 0.25) is 0 Å². The molecule has 0 radical (unpaired) electrons. The molecular formula is C6H3N5O2. The van der Waals surface area contributed by atoms with E-state index in [2.05, 4.69) is 25.8 Å². The lowest BCUT2D eigenvalue weighted by Gasteiger charge is -2.00. The standard InChI is InChI=1S/C6H3N5O2/c12-5-3(1-7-10-5)9-4-2-8-11-6(4)13/h1-2H,(H,9,10,11,12,13). The van der Waals surface area contributed by atoms with Crippen molar-refractivity contribution in [1.82, 2.24) is 5.32 Å². The van der Waals surface area contributed by atoms with Crippen LogP contribution in [0.1, 0.15) is 0 Å². The molecule has 1 N–H and O–H groups in total. The lowest BCUT2D eigenvalue weighted by atomic mass is 10.4. The van der Waals surface area contributed by atoms with Crippen molar-refractivity contribution in [3.05, 3.63) is 23.8 Å². The maximum Gasteiger partial charge on any atom is 0.313 e. The largest absolute Gasteiger partial charge is 0.344 e. The molecule has 2 amide bonds. The maximum atomic E-state index is 10.9. The summed E-state index contributed by atoms with van der Waals surface area (Å²) in [5.41, 5.74) is 0.291. The van der Waals surface area contributed by atoms with Crippen LogP contribution in [0.15, 0.2) is 44.3 Å². The predicted octanol–water partition coefficient (Wildman–Crippen LogP) is 0.244. The van der Waals surface area contributed by atoms with E-state index in [1.165, 1.54) is 12.4 Å². The van der Waals surface area contributed by atoms with Crippen LogP contribution in [-0.2, 0) is 9.59 Å². The van der Waals surface area contributed by atoms with E-state index in [1.807, 2.05) is 0 Å². The third kappa shape index (κ3) is 1.26. The summed E-state index contributed by atoms with van der Waals surface area (Å²) in [5.74, 6) is -1.03. The van der Waals surface area contributed by atoms with E-state index < -0.39 is 11.8 Å². The second kappa shape index (κ2) is 2.70. The molecule has 0 bridgehead atoms. The second-order valence-corrected chi connectivity index (χ2v) is 2.25. The van der Waals surface area contributed by atoms with Gasteiger partial charge in [0.05, 0.1) is 12.4 Å². The normalized spacial score (nSPS) is 19.4. The first-order valence-corrected chi connectivity index (χ1v) is 3.35. The van der Waals surface area contributed by atoms with Crippen molar-refractivity contribution in [3.8, 4) is 0 Å². The monoisotopic (exact) mass is 177 g/mol. The summed E-state index contributed by atoms with van der Waals surface area (Å²) in [6.07, 6.45) is 2.46. The van der Waals surface area contributed by atoms with Crippen molar-refractivity contribution in [2.75, 3.05) is 0 Å². The van der Waals surface area contributed by atoms with Crippen LogP contribution in [0.4, 0.5) is 0 Å². The number of hydrogen-bond acceptors (Lipinski definition) is 5. The van der Waals surface area contributed by atoms with E-state index in [0.717, 1.165) is 0 Å². The summed E-state index contributed by atoms with van der Waals surface area (Å²) >= 11 is 0. The average Bonchev–Trinajstić information content (AvgIpc) is 2.65. The molecule has 0 aromatic heterocycles. The molecule has 2 rings (SSSR count). The lowest BCUT2D eigenvalue weighted by molar-refractivity contribution is -0.115. The summed E-state index contributed by atoms with van der Waals surface area (Å²) in [6, 6.07) is 0. The molecule has 0 spiro atoms. The average molecular weight is 177 g/mol. The summed E-state index contributed by atoms with van der Waals surface area (Å²) in [7, 11) is 0. The molecule has 13 heavy (non-hydrogen) atoms. The minimum Gasteiger partial charge on any atom is -0.344 e. The molecule has 0 fully saturated rings. The van der Waals surface area contributed by atoms with Crippen LogP contribution in [0.25, 0.3) is 0 Å². The zero-order valence-corrected chi connectivity index (χ0v) is 6.26. The molecule has 0 aromatic carbocycles. The maximum absolute atomic E-state index is 10.9. The van der Waals surface area contributed by atoms with Crippen LogP contribution >= 0.6 is 0 Å². The fourth-order valence-electron chi connectivity index (χ4n) is 0.813. The number of azo groups is 2. The van der Waals surface area contributed by atoms with E-state index in [4.69, 9.17) is 0 Å². The Labute approximate surface area is 71.9 Å². The van der Waals surface area contributed by atoms with E-state index in [1.54, 1.807) is 0 Å². The molecule has 0 aliphatic carbocycles. The quantitative estimate of drug-likeness (QED) is 0.654. The first kappa shape index (κ1) is 7.47. The molecule has 64 valence electrons. The summed E-state index contributed by atoms with van der Waals surface area (Å²) in [6.45, 7) is 0. The van der Waals surface area contributed by atoms with Gasteiger partial charge in [0.15, 0.2) is 0 Å². The highest BCUT2D eigenvalue weighted by molar-refractivity contribution is 5.99. The van der Waals surface area contributed by atoms with Crippen LogP contribution in [0.3, 0.4) is 0 Å². The van der Waals surface area contributed by atoms with E-state index in [9.17, 15) is 9.59 Å². The Kier molecular flexibility index (Phi) is 1.55. The van der Waals surface area contributed by atoms with Crippen LogP contribution in [0.5, 0.6) is 0 Å². The summed E-state index contributed by atoms with van der Waals surface area (Å²) in [5, 5.41) is 15.7. The highest BCUT2D eigenvalue weighted by Crippen LogP contribution is 2.10. The van der Waals surface area contributed by atoms with E-state index in [-0.39, 0.29) is 11.4 Å². The van der Waals surface area contributed by atoms with Gasteiger partial charge in [0.25, 0.3) is 0 Å². The Morgan fingerprint density at radius 1 is 0.923 bits per heavy atom. The van der Waals surface area contributed by atoms with Gasteiger partial charge in [-0.1, -0.05) is 0 Å². The van der Waals surface area contributed by atoms with Gasteiger partial charge < -0.3 is 5.32 Å². The number of nitrogens with zero attached hydrogens (tertiary/aromatic N) is 4. The first-order valence-electron chi connectivity index (χ1n) is 3.35.